The van der Waals surface area contributed by atoms with Gasteiger partial charge in [0.2, 0.25) is 10.0 Å². The van der Waals surface area contributed by atoms with Gasteiger partial charge in [-0.3, -0.25) is 4.79 Å². The summed E-state index contributed by atoms with van der Waals surface area (Å²) < 4.78 is 51.3. The molecule has 0 aliphatic rings. The van der Waals surface area contributed by atoms with E-state index in [-0.39, 0.29) is 37.4 Å². The van der Waals surface area contributed by atoms with E-state index in [1.807, 2.05) is 61.5 Å². The highest BCUT2D eigenvalue weighted by atomic mass is 32.2. The molecule has 0 spiro atoms. The molecule has 12 heteroatoms. The molecule has 0 aliphatic heterocycles. The summed E-state index contributed by atoms with van der Waals surface area (Å²) in [6.07, 6.45) is 1.55. The van der Waals surface area contributed by atoms with Gasteiger partial charge in [0.05, 0.1) is 11.5 Å². The van der Waals surface area contributed by atoms with Crippen LogP contribution in [0.5, 0.6) is 0 Å². The fourth-order valence-electron chi connectivity index (χ4n) is 4.62. The molecular weight excluding hydrogens is 590 g/mol. The van der Waals surface area contributed by atoms with Gasteiger partial charge in [-0.05, 0) is 72.7 Å². The van der Waals surface area contributed by atoms with Gasteiger partial charge in [-0.2, -0.15) is 4.31 Å². The summed E-state index contributed by atoms with van der Waals surface area (Å²) in [7, 11) is -7.09. The molecule has 10 nitrogen and oxygen atoms in total. The molecule has 0 heterocycles. The van der Waals surface area contributed by atoms with Gasteiger partial charge >= 0.3 is 5.97 Å². The molecule has 3 aromatic carbocycles. The predicted octanol–water partition coefficient (Wildman–Crippen LogP) is 3.00. The standard InChI is InChI=1S/C31H39N3O7S2/c1-23-9-6-7-12-26(23)28-21-25(13-14-27(28)30(35)33-29(31(36)37)16-20-42(2,38)39)22-34(43(40,41)19-8-17-32)18-15-24-10-4-3-5-11-24/h3-7,9-14,21,29H,8,15-20,22,32H2,1-2H3,(H,33,35)(H,36,37)/t29-/m0/s1. The third kappa shape index (κ3) is 10.3. The van der Waals surface area contributed by atoms with Crippen molar-refractivity contribution in [2.45, 2.75) is 38.8 Å². The van der Waals surface area contributed by atoms with Crippen molar-refractivity contribution in [3.8, 4) is 11.1 Å². The van der Waals surface area contributed by atoms with Gasteiger partial charge in [0, 0.05) is 24.9 Å². The fourth-order valence-corrected chi connectivity index (χ4v) is 6.79. The number of aliphatic carboxylic acids is 1. The highest BCUT2D eigenvalue weighted by molar-refractivity contribution is 7.90. The van der Waals surface area contributed by atoms with Crippen LogP contribution < -0.4 is 11.1 Å². The summed E-state index contributed by atoms with van der Waals surface area (Å²) in [6.45, 7) is 2.43. The average molecular weight is 630 g/mol. The average Bonchev–Trinajstić information content (AvgIpc) is 2.96. The molecule has 43 heavy (non-hydrogen) atoms. The molecular formula is C31H39N3O7S2. The number of carboxylic acids is 1. The monoisotopic (exact) mass is 629 g/mol. The first-order valence-electron chi connectivity index (χ1n) is 13.9. The van der Waals surface area contributed by atoms with Crippen LogP contribution in [0.2, 0.25) is 0 Å². The zero-order valence-electron chi connectivity index (χ0n) is 24.4. The van der Waals surface area contributed by atoms with Crippen molar-refractivity contribution in [3.63, 3.8) is 0 Å². The summed E-state index contributed by atoms with van der Waals surface area (Å²) in [5, 5.41) is 12.1. The zero-order chi connectivity index (χ0) is 31.6. The molecule has 0 saturated carbocycles. The number of carbonyl (C=O) groups is 2. The van der Waals surface area contributed by atoms with Crippen LogP contribution in [0.3, 0.4) is 0 Å². The number of hydrogen-bond acceptors (Lipinski definition) is 7. The number of nitrogens with zero attached hydrogens (tertiary/aromatic N) is 1. The second-order valence-electron chi connectivity index (χ2n) is 10.5. The SMILES string of the molecule is Cc1ccccc1-c1cc(CN(CCc2ccccc2)S(=O)(=O)CCCN)ccc1C(=O)N[C@@H](CCS(C)(=O)=O)C(=O)O. The number of nitrogens with one attached hydrogen (secondary N) is 1. The number of carboxylic acid groups (broad SMARTS) is 1. The van der Waals surface area contributed by atoms with Crippen molar-refractivity contribution in [2.75, 3.05) is 30.9 Å². The van der Waals surface area contributed by atoms with Gasteiger partial charge in [0.1, 0.15) is 15.9 Å². The summed E-state index contributed by atoms with van der Waals surface area (Å²) in [5.41, 5.74) is 9.51. The van der Waals surface area contributed by atoms with Crippen LogP contribution in [-0.4, -0.2) is 75.0 Å². The molecule has 0 radical (unpaired) electrons. The zero-order valence-corrected chi connectivity index (χ0v) is 26.0. The number of carbonyl (C=O) groups excluding carboxylic acids is 1. The minimum atomic E-state index is -3.65. The molecule has 4 N–H and O–H groups in total. The van der Waals surface area contributed by atoms with E-state index in [9.17, 15) is 31.5 Å². The number of aryl methyl sites for hydroxylation is 1. The number of hydrogen-bond donors (Lipinski definition) is 3. The Bertz CT molecular complexity index is 1630. The number of benzene rings is 3. The summed E-state index contributed by atoms with van der Waals surface area (Å²) in [6, 6.07) is 20.5. The highest BCUT2D eigenvalue weighted by Gasteiger charge is 2.26. The van der Waals surface area contributed by atoms with Crippen molar-refractivity contribution < 1.29 is 31.5 Å². The third-order valence-corrected chi connectivity index (χ3v) is 9.88. The molecule has 3 rings (SSSR count). The van der Waals surface area contributed by atoms with Gasteiger partial charge in [0.15, 0.2) is 0 Å². The maximum Gasteiger partial charge on any atom is 0.326 e. The minimum absolute atomic E-state index is 0.0621. The lowest BCUT2D eigenvalue weighted by molar-refractivity contribution is -0.139. The maximum atomic E-state index is 13.4. The van der Waals surface area contributed by atoms with Gasteiger partial charge in [0.25, 0.3) is 5.91 Å². The Balaban J connectivity index is 1.99. The van der Waals surface area contributed by atoms with Crippen LogP contribution in [0, 0.1) is 6.92 Å². The Hall–Kier alpha value is -3.58. The van der Waals surface area contributed by atoms with E-state index in [1.54, 1.807) is 18.2 Å². The Morgan fingerprint density at radius 1 is 0.907 bits per heavy atom. The molecule has 1 amide bonds. The third-order valence-electron chi connectivity index (χ3n) is 7.00. The van der Waals surface area contributed by atoms with Crippen LogP contribution in [0.15, 0.2) is 72.8 Å². The summed E-state index contributed by atoms with van der Waals surface area (Å²) in [5.74, 6) is -2.51. The van der Waals surface area contributed by atoms with Crippen molar-refractivity contribution in [1.82, 2.24) is 9.62 Å². The normalized spacial score (nSPS) is 12.7. The number of amides is 1. The molecule has 1 atom stereocenters. The molecule has 0 aromatic heterocycles. The number of sulfone groups is 1. The maximum absolute atomic E-state index is 13.4. The molecule has 232 valence electrons. The predicted molar refractivity (Wildman–Crippen MR) is 168 cm³/mol. The van der Waals surface area contributed by atoms with E-state index in [0.29, 0.717) is 24.0 Å². The Morgan fingerprint density at radius 3 is 2.21 bits per heavy atom. The molecule has 0 saturated heterocycles. The quantitative estimate of drug-likeness (QED) is 0.218. The van der Waals surface area contributed by atoms with E-state index in [0.717, 1.165) is 22.9 Å². The van der Waals surface area contributed by atoms with Crippen LogP contribution in [0.4, 0.5) is 0 Å². The fraction of sp³-hybridized carbons (Fsp3) is 0.355. The van der Waals surface area contributed by atoms with Crippen molar-refractivity contribution in [3.05, 3.63) is 95.1 Å². The lowest BCUT2D eigenvalue weighted by atomic mass is 9.93. The smallest absolute Gasteiger partial charge is 0.326 e. The van der Waals surface area contributed by atoms with E-state index in [2.05, 4.69) is 5.32 Å². The van der Waals surface area contributed by atoms with Gasteiger partial charge in [-0.15, -0.1) is 0 Å². The van der Waals surface area contributed by atoms with Crippen LogP contribution in [0.25, 0.3) is 11.1 Å². The Morgan fingerprint density at radius 2 is 1.58 bits per heavy atom. The Kier molecular flexibility index (Phi) is 12.0. The second-order valence-corrected chi connectivity index (χ2v) is 14.9. The van der Waals surface area contributed by atoms with E-state index in [4.69, 9.17) is 5.73 Å². The van der Waals surface area contributed by atoms with Crippen LogP contribution in [-0.2, 0) is 37.6 Å². The van der Waals surface area contributed by atoms with Crippen molar-refractivity contribution in [2.24, 2.45) is 5.73 Å². The largest absolute Gasteiger partial charge is 0.480 e. The second kappa shape index (κ2) is 15.2. The lowest BCUT2D eigenvalue weighted by Crippen LogP contribution is -2.42. The first-order valence-corrected chi connectivity index (χ1v) is 17.6. The van der Waals surface area contributed by atoms with Crippen molar-refractivity contribution in [1.29, 1.82) is 0 Å². The summed E-state index contributed by atoms with van der Waals surface area (Å²) in [4.78, 5) is 25.2. The molecule has 0 unspecified atom stereocenters. The number of nitrogens with two attached hydrogens (primary N) is 1. The van der Waals surface area contributed by atoms with Gasteiger partial charge in [-0.1, -0.05) is 60.7 Å². The van der Waals surface area contributed by atoms with E-state index >= 15 is 0 Å². The van der Waals surface area contributed by atoms with E-state index < -0.39 is 43.5 Å². The number of sulfonamides is 1. The lowest BCUT2D eigenvalue weighted by Gasteiger charge is -2.23. The first-order chi connectivity index (χ1) is 20.3. The topological polar surface area (TPSA) is 164 Å². The van der Waals surface area contributed by atoms with Gasteiger partial charge < -0.3 is 16.2 Å². The van der Waals surface area contributed by atoms with Gasteiger partial charge in [-0.25, -0.2) is 21.6 Å². The molecule has 3 aromatic rings. The first kappa shape index (κ1) is 33.9. The molecule has 0 bridgehead atoms. The molecule has 0 fully saturated rings. The highest BCUT2D eigenvalue weighted by Crippen LogP contribution is 2.29. The van der Waals surface area contributed by atoms with E-state index in [1.165, 1.54) is 4.31 Å². The summed E-state index contributed by atoms with van der Waals surface area (Å²) >= 11 is 0. The van der Waals surface area contributed by atoms with Crippen LogP contribution >= 0.6 is 0 Å². The molecule has 0 aliphatic carbocycles. The Labute approximate surface area is 253 Å². The van der Waals surface area contributed by atoms with Crippen molar-refractivity contribution >= 4 is 31.7 Å². The minimum Gasteiger partial charge on any atom is -0.480 e. The number of rotatable bonds is 16. The van der Waals surface area contributed by atoms with Crippen LogP contribution in [0.1, 0.15) is 39.9 Å².